The van der Waals surface area contributed by atoms with Crippen molar-refractivity contribution in [3.63, 3.8) is 0 Å². The van der Waals surface area contributed by atoms with Gasteiger partial charge >= 0.3 is 17.9 Å². The van der Waals surface area contributed by atoms with Gasteiger partial charge in [-0.1, -0.05) is 6.92 Å². The van der Waals surface area contributed by atoms with Gasteiger partial charge in [-0.05, 0) is 12.8 Å². The van der Waals surface area contributed by atoms with Crippen molar-refractivity contribution < 1.29 is 43.2 Å². The molecule has 10 heteroatoms. The van der Waals surface area contributed by atoms with Crippen molar-refractivity contribution in [2.75, 3.05) is 13.2 Å². The van der Waals surface area contributed by atoms with Crippen molar-refractivity contribution in [1.29, 1.82) is 0 Å². The van der Waals surface area contributed by atoms with Gasteiger partial charge in [-0.15, -0.1) is 0 Å². The summed E-state index contributed by atoms with van der Waals surface area (Å²) in [6.45, 7) is 5.75. The van der Waals surface area contributed by atoms with Gasteiger partial charge < -0.3 is 29.4 Å². The maximum Gasteiger partial charge on any atom is 0.303 e. The zero-order valence-electron chi connectivity index (χ0n) is 16.6. The van der Waals surface area contributed by atoms with E-state index in [2.05, 4.69) is 5.32 Å². The number of amides is 1. The van der Waals surface area contributed by atoms with Crippen LogP contribution in [0.15, 0.2) is 0 Å². The molecule has 2 unspecified atom stereocenters. The molecule has 1 saturated heterocycles. The molecule has 0 bridgehead atoms. The molecule has 0 saturated carbocycles. The first-order valence-electron chi connectivity index (χ1n) is 9.18. The molecule has 1 amide bonds. The number of hydrogen-bond acceptors (Lipinski definition) is 8. The van der Waals surface area contributed by atoms with Gasteiger partial charge in [0.1, 0.15) is 24.9 Å². The van der Waals surface area contributed by atoms with Crippen LogP contribution >= 0.6 is 0 Å². The van der Waals surface area contributed by atoms with Crippen molar-refractivity contribution in [3.05, 3.63) is 0 Å². The number of unbranched alkanes of at least 4 members (excludes halogenated alkanes) is 1. The monoisotopic (exact) mass is 403 g/mol. The number of aliphatic carboxylic acids is 1. The molecule has 5 atom stereocenters. The summed E-state index contributed by atoms with van der Waals surface area (Å²) in [4.78, 5) is 44.9. The Hall–Kier alpha value is -2.20. The van der Waals surface area contributed by atoms with Crippen molar-refractivity contribution in [2.45, 2.75) is 71.5 Å². The van der Waals surface area contributed by atoms with Crippen LogP contribution in [0.1, 0.15) is 47.0 Å². The number of nitrogens with one attached hydrogen (secondary N) is 1. The first-order chi connectivity index (χ1) is 13.1. The molecule has 160 valence electrons. The van der Waals surface area contributed by atoms with Crippen LogP contribution < -0.4 is 5.32 Å². The predicted molar refractivity (Wildman–Crippen MR) is 95.1 cm³/mol. The van der Waals surface area contributed by atoms with E-state index in [0.717, 1.165) is 0 Å². The first-order valence-corrected chi connectivity index (χ1v) is 9.18. The number of ether oxygens (including phenoxy) is 4. The van der Waals surface area contributed by atoms with E-state index >= 15 is 0 Å². The second-order valence-electron chi connectivity index (χ2n) is 6.73. The lowest BCUT2D eigenvalue weighted by molar-refractivity contribution is -0.260. The van der Waals surface area contributed by atoms with Gasteiger partial charge in [0.05, 0.1) is 0 Å². The smallest absolute Gasteiger partial charge is 0.303 e. The molecule has 0 spiro atoms. The van der Waals surface area contributed by atoms with Crippen LogP contribution in [-0.4, -0.2) is 66.7 Å². The molecule has 0 aromatic rings. The Morgan fingerprint density at radius 3 is 2.29 bits per heavy atom. The molecule has 0 aliphatic carbocycles. The lowest BCUT2D eigenvalue weighted by atomic mass is 9.89. The number of hydrogen-bond donors (Lipinski definition) is 2. The van der Waals surface area contributed by atoms with E-state index in [1.165, 1.54) is 20.8 Å². The number of carboxylic acid groups (broad SMARTS) is 1. The molecular formula is C18H29NO9. The van der Waals surface area contributed by atoms with Crippen LogP contribution in [0, 0.1) is 5.92 Å². The average molecular weight is 403 g/mol. The molecular weight excluding hydrogens is 374 g/mol. The van der Waals surface area contributed by atoms with Crippen molar-refractivity contribution >= 4 is 23.8 Å². The third-order valence-electron chi connectivity index (χ3n) is 4.25. The van der Waals surface area contributed by atoms with Gasteiger partial charge in [0.25, 0.3) is 0 Å². The molecule has 0 aromatic carbocycles. The average Bonchev–Trinajstić information content (AvgIpc) is 2.57. The summed E-state index contributed by atoms with van der Waals surface area (Å²) in [5.74, 6) is -2.63. The zero-order chi connectivity index (χ0) is 21.3. The Labute approximate surface area is 163 Å². The van der Waals surface area contributed by atoms with E-state index < -0.39 is 42.4 Å². The van der Waals surface area contributed by atoms with Crippen LogP contribution in [0.25, 0.3) is 0 Å². The third kappa shape index (κ3) is 8.22. The van der Waals surface area contributed by atoms with Gasteiger partial charge in [-0.2, -0.15) is 0 Å². The number of carbonyl (C=O) groups is 4. The molecule has 1 heterocycles. The van der Waals surface area contributed by atoms with E-state index in [9.17, 15) is 19.2 Å². The summed E-state index contributed by atoms with van der Waals surface area (Å²) in [6.07, 6.45) is -1.39. The molecule has 1 aliphatic rings. The molecule has 2 N–H and O–H groups in total. The fraction of sp³-hybridized carbons (Fsp3) is 0.778. The van der Waals surface area contributed by atoms with Crippen LogP contribution in [0.5, 0.6) is 0 Å². The molecule has 1 aliphatic heterocycles. The fourth-order valence-electron chi connectivity index (χ4n) is 2.94. The second-order valence-corrected chi connectivity index (χ2v) is 6.73. The highest BCUT2D eigenvalue weighted by Gasteiger charge is 2.47. The minimum Gasteiger partial charge on any atom is -0.481 e. The molecule has 0 aromatic heterocycles. The minimum absolute atomic E-state index is 0.0200. The van der Waals surface area contributed by atoms with Gasteiger partial charge in [-0.3, -0.25) is 19.2 Å². The lowest BCUT2D eigenvalue weighted by Gasteiger charge is -2.44. The Bertz CT molecular complexity index is 565. The molecule has 28 heavy (non-hydrogen) atoms. The topological polar surface area (TPSA) is 137 Å². The van der Waals surface area contributed by atoms with Crippen molar-refractivity contribution in [3.8, 4) is 0 Å². The number of esters is 2. The van der Waals surface area contributed by atoms with Gasteiger partial charge in [-0.25, -0.2) is 0 Å². The standard InChI is InChI=1S/C18H29NO9/c1-10-14(9-26-12(3)21)28-18(25-8-6-5-7-15(23)24)16(19-11(2)20)17(10)27-13(4)22/h10,14,16-18H,5-9H2,1-4H3,(H,19,20)(H,23,24)/t10-,14?,16?,17-,18+/m0/s1. The number of carboxylic acids is 1. The molecule has 0 radical (unpaired) electrons. The predicted octanol–water partition coefficient (Wildman–Crippen LogP) is 0.618. The van der Waals surface area contributed by atoms with Crippen LogP contribution in [0.2, 0.25) is 0 Å². The van der Waals surface area contributed by atoms with Gasteiger partial charge in [0.15, 0.2) is 6.29 Å². The van der Waals surface area contributed by atoms with Gasteiger partial charge in [0, 0.05) is 39.7 Å². The van der Waals surface area contributed by atoms with E-state index in [1.807, 2.05) is 0 Å². The first kappa shape index (κ1) is 23.8. The van der Waals surface area contributed by atoms with Crippen molar-refractivity contribution in [2.24, 2.45) is 5.92 Å². The lowest BCUT2D eigenvalue weighted by Crippen LogP contribution is -2.63. The van der Waals surface area contributed by atoms with E-state index in [1.54, 1.807) is 6.92 Å². The quantitative estimate of drug-likeness (QED) is 0.397. The van der Waals surface area contributed by atoms with Crippen LogP contribution in [-0.2, 0) is 38.1 Å². The summed E-state index contributed by atoms with van der Waals surface area (Å²) in [5.41, 5.74) is 0. The fourth-order valence-corrected chi connectivity index (χ4v) is 2.94. The Balaban J connectivity index is 2.89. The summed E-state index contributed by atoms with van der Waals surface area (Å²) in [7, 11) is 0. The highest BCUT2D eigenvalue weighted by molar-refractivity contribution is 5.73. The normalized spacial score (nSPS) is 26.9. The highest BCUT2D eigenvalue weighted by Crippen LogP contribution is 2.30. The maximum atomic E-state index is 11.6. The van der Waals surface area contributed by atoms with Crippen LogP contribution in [0.3, 0.4) is 0 Å². The highest BCUT2D eigenvalue weighted by atomic mass is 16.7. The summed E-state index contributed by atoms with van der Waals surface area (Å²) < 4.78 is 22.0. The largest absolute Gasteiger partial charge is 0.481 e. The SMILES string of the molecule is CC(=O)NC1[C@H](OCCCCC(=O)O)OC(COC(C)=O)[C@H](C)[C@@H]1OC(C)=O. The summed E-state index contributed by atoms with van der Waals surface area (Å²) in [5, 5.41) is 11.4. The van der Waals surface area contributed by atoms with Gasteiger partial charge in [0.2, 0.25) is 5.91 Å². The number of carbonyl (C=O) groups excluding carboxylic acids is 3. The molecule has 1 rings (SSSR count). The number of rotatable bonds is 10. The zero-order valence-corrected chi connectivity index (χ0v) is 16.6. The van der Waals surface area contributed by atoms with E-state index in [0.29, 0.717) is 12.8 Å². The van der Waals surface area contributed by atoms with Crippen LogP contribution in [0.4, 0.5) is 0 Å². The Morgan fingerprint density at radius 2 is 1.75 bits per heavy atom. The Morgan fingerprint density at radius 1 is 1.07 bits per heavy atom. The maximum absolute atomic E-state index is 11.6. The molecule has 1 fully saturated rings. The third-order valence-corrected chi connectivity index (χ3v) is 4.25. The molecule has 10 nitrogen and oxygen atoms in total. The second kappa shape index (κ2) is 11.6. The summed E-state index contributed by atoms with van der Waals surface area (Å²) in [6, 6.07) is -0.760. The minimum atomic E-state index is -0.949. The summed E-state index contributed by atoms with van der Waals surface area (Å²) >= 11 is 0. The Kier molecular flexibility index (Phi) is 9.88. The van der Waals surface area contributed by atoms with E-state index in [4.69, 9.17) is 24.1 Å². The van der Waals surface area contributed by atoms with Crippen molar-refractivity contribution in [1.82, 2.24) is 5.32 Å². The van der Waals surface area contributed by atoms with E-state index in [-0.39, 0.29) is 31.5 Å².